The fraction of sp³-hybridized carbons (Fsp3) is 0.0833. The molecule has 0 bridgehead atoms. The van der Waals surface area contributed by atoms with Crippen molar-refractivity contribution in [2.24, 2.45) is 0 Å². The second-order valence-corrected chi connectivity index (χ2v) is 6.82. The van der Waals surface area contributed by atoms with Gasteiger partial charge in [-0.1, -0.05) is 36.4 Å². The van der Waals surface area contributed by atoms with Crippen molar-refractivity contribution in [3.8, 4) is 11.3 Å². The number of pyridine rings is 2. The molecule has 5 aromatic rings. The highest BCUT2D eigenvalue weighted by Crippen LogP contribution is 2.34. The predicted octanol–water partition coefficient (Wildman–Crippen LogP) is 5.94. The first-order chi connectivity index (χ1) is 13.3. The molecular formula is C24H18N2O. The minimum atomic E-state index is 0.831. The predicted molar refractivity (Wildman–Crippen MR) is 109 cm³/mol. The molecule has 2 aromatic carbocycles. The summed E-state index contributed by atoms with van der Waals surface area (Å²) in [4.78, 5) is 9.39. The van der Waals surface area contributed by atoms with Crippen LogP contribution >= 0.6 is 0 Å². The Kier molecular flexibility index (Phi) is 3.72. The number of hydrogen-bond donors (Lipinski definition) is 0. The number of nitrogens with zero attached hydrogens (tertiary/aromatic N) is 2. The van der Waals surface area contributed by atoms with Crippen LogP contribution in [0.15, 0.2) is 83.6 Å². The smallest absolute Gasteiger partial charge is 0.160 e. The van der Waals surface area contributed by atoms with Crippen LogP contribution < -0.4 is 0 Å². The van der Waals surface area contributed by atoms with Crippen LogP contribution in [0.3, 0.4) is 0 Å². The lowest BCUT2D eigenvalue weighted by molar-refractivity contribution is 0.618. The fourth-order valence-electron chi connectivity index (χ4n) is 3.58. The normalized spacial score (nSPS) is 11.3. The molecule has 3 aromatic heterocycles. The maximum Gasteiger partial charge on any atom is 0.160 e. The third-order valence-electron chi connectivity index (χ3n) is 4.89. The lowest BCUT2D eigenvalue weighted by Crippen LogP contribution is -1.93. The standard InChI is InChI=1S/C24H18N2O/c1-16-7-8-20-21(15-19-10-12-27-24(19)23(20)26-16)22-14-18(9-11-25-22)13-17-5-3-2-4-6-17/h2-12,14-15H,13H2,1H3. The summed E-state index contributed by atoms with van der Waals surface area (Å²) < 4.78 is 5.70. The molecule has 3 heterocycles. The van der Waals surface area contributed by atoms with Crippen molar-refractivity contribution in [3.05, 3.63) is 96.0 Å². The molecule has 130 valence electrons. The van der Waals surface area contributed by atoms with E-state index in [0.29, 0.717) is 0 Å². The molecular weight excluding hydrogens is 332 g/mol. The van der Waals surface area contributed by atoms with Gasteiger partial charge in [0.2, 0.25) is 0 Å². The topological polar surface area (TPSA) is 38.9 Å². The van der Waals surface area contributed by atoms with Gasteiger partial charge < -0.3 is 4.42 Å². The van der Waals surface area contributed by atoms with Gasteiger partial charge in [0.05, 0.1) is 12.0 Å². The Morgan fingerprint density at radius 3 is 2.67 bits per heavy atom. The quantitative estimate of drug-likeness (QED) is 0.404. The van der Waals surface area contributed by atoms with Crippen LogP contribution in [-0.2, 0) is 6.42 Å². The van der Waals surface area contributed by atoms with Crippen LogP contribution in [0.4, 0.5) is 0 Å². The molecule has 0 aliphatic carbocycles. The molecule has 0 fully saturated rings. The molecule has 0 aliphatic heterocycles. The number of furan rings is 1. The Balaban J connectivity index is 1.67. The molecule has 0 unspecified atom stereocenters. The molecule has 27 heavy (non-hydrogen) atoms. The van der Waals surface area contributed by atoms with E-state index in [-0.39, 0.29) is 0 Å². The van der Waals surface area contributed by atoms with Crippen molar-refractivity contribution in [1.82, 2.24) is 9.97 Å². The van der Waals surface area contributed by atoms with Crippen molar-refractivity contribution >= 4 is 21.9 Å². The largest absolute Gasteiger partial charge is 0.462 e. The van der Waals surface area contributed by atoms with Crippen LogP contribution in [-0.4, -0.2) is 9.97 Å². The van der Waals surface area contributed by atoms with Crippen molar-refractivity contribution in [3.63, 3.8) is 0 Å². The third-order valence-corrected chi connectivity index (χ3v) is 4.89. The molecule has 3 nitrogen and oxygen atoms in total. The molecule has 5 rings (SSSR count). The van der Waals surface area contributed by atoms with Crippen LogP contribution in [0.2, 0.25) is 0 Å². The molecule has 0 aliphatic rings. The van der Waals surface area contributed by atoms with Gasteiger partial charge in [0.15, 0.2) is 5.58 Å². The highest BCUT2D eigenvalue weighted by molar-refractivity contribution is 6.09. The van der Waals surface area contributed by atoms with Crippen molar-refractivity contribution in [2.45, 2.75) is 13.3 Å². The summed E-state index contributed by atoms with van der Waals surface area (Å²) in [6.07, 6.45) is 4.50. The maximum atomic E-state index is 5.70. The van der Waals surface area contributed by atoms with Crippen LogP contribution in [0.1, 0.15) is 16.8 Å². The second-order valence-electron chi connectivity index (χ2n) is 6.82. The summed E-state index contributed by atoms with van der Waals surface area (Å²) in [7, 11) is 0. The van der Waals surface area contributed by atoms with Gasteiger partial charge in [0.25, 0.3) is 0 Å². The summed E-state index contributed by atoms with van der Waals surface area (Å²) >= 11 is 0. The van der Waals surface area contributed by atoms with Gasteiger partial charge in [-0.2, -0.15) is 0 Å². The van der Waals surface area contributed by atoms with Crippen LogP contribution in [0.5, 0.6) is 0 Å². The summed E-state index contributed by atoms with van der Waals surface area (Å²) in [6, 6.07) is 23.0. The first kappa shape index (κ1) is 15.8. The first-order valence-electron chi connectivity index (χ1n) is 9.05. The first-order valence-corrected chi connectivity index (χ1v) is 9.05. The molecule has 0 amide bonds. The van der Waals surface area contributed by atoms with Gasteiger partial charge >= 0.3 is 0 Å². The van der Waals surface area contributed by atoms with Gasteiger partial charge in [-0.25, -0.2) is 4.98 Å². The number of aromatic nitrogens is 2. The zero-order chi connectivity index (χ0) is 18.2. The number of benzene rings is 2. The molecule has 0 saturated heterocycles. The Hall–Kier alpha value is -3.46. The summed E-state index contributed by atoms with van der Waals surface area (Å²) in [5.41, 5.74) is 7.28. The van der Waals surface area contributed by atoms with E-state index in [1.807, 2.05) is 31.3 Å². The Morgan fingerprint density at radius 2 is 1.78 bits per heavy atom. The number of fused-ring (bicyclic) bond motifs is 3. The van der Waals surface area contributed by atoms with Gasteiger partial charge in [-0.05, 0) is 54.8 Å². The highest BCUT2D eigenvalue weighted by atomic mass is 16.3. The fourth-order valence-corrected chi connectivity index (χ4v) is 3.58. The van der Waals surface area contributed by atoms with Gasteiger partial charge in [0, 0.05) is 28.2 Å². The lowest BCUT2D eigenvalue weighted by atomic mass is 9.99. The zero-order valence-corrected chi connectivity index (χ0v) is 15.0. The zero-order valence-electron chi connectivity index (χ0n) is 15.0. The van der Waals surface area contributed by atoms with Gasteiger partial charge in [0.1, 0.15) is 5.52 Å². The summed E-state index contributed by atoms with van der Waals surface area (Å²) in [5.74, 6) is 0. The molecule has 0 atom stereocenters. The number of hydrogen-bond acceptors (Lipinski definition) is 3. The van der Waals surface area contributed by atoms with Crippen LogP contribution in [0.25, 0.3) is 33.1 Å². The van der Waals surface area contributed by atoms with E-state index in [4.69, 9.17) is 9.40 Å². The molecule has 0 radical (unpaired) electrons. The highest BCUT2D eigenvalue weighted by Gasteiger charge is 2.13. The molecule has 3 heteroatoms. The number of rotatable bonds is 3. The Bertz CT molecular complexity index is 1260. The van der Waals surface area contributed by atoms with E-state index in [9.17, 15) is 0 Å². The van der Waals surface area contributed by atoms with E-state index < -0.39 is 0 Å². The number of aryl methyl sites for hydroxylation is 1. The summed E-state index contributed by atoms with van der Waals surface area (Å²) in [6.45, 7) is 2.00. The minimum Gasteiger partial charge on any atom is -0.462 e. The van der Waals surface area contributed by atoms with E-state index in [1.54, 1.807) is 6.26 Å². The average molecular weight is 350 g/mol. The van der Waals surface area contributed by atoms with E-state index in [2.05, 4.69) is 53.5 Å². The monoisotopic (exact) mass is 350 g/mol. The van der Waals surface area contributed by atoms with E-state index >= 15 is 0 Å². The average Bonchev–Trinajstić information content (AvgIpc) is 3.17. The SMILES string of the molecule is Cc1ccc2c(-c3cc(Cc4ccccc4)ccn3)cc3ccoc3c2n1. The van der Waals surface area contributed by atoms with E-state index in [1.165, 1.54) is 11.1 Å². The summed E-state index contributed by atoms with van der Waals surface area (Å²) in [5, 5.41) is 2.11. The molecule has 0 N–H and O–H groups in total. The third kappa shape index (κ3) is 2.87. The molecule has 0 spiro atoms. The minimum absolute atomic E-state index is 0.831. The Morgan fingerprint density at radius 1 is 0.889 bits per heavy atom. The van der Waals surface area contributed by atoms with Gasteiger partial charge in [-0.3, -0.25) is 4.98 Å². The van der Waals surface area contributed by atoms with Crippen molar-refractivity contribution < 1.29 is 4.42 Å². The van der Waals surface area contributed by atoms with E-state index in [0.717, 1.165) is 45.2 Å². The lowest BCUT2D eigenvalue weighted by Gasteiger charge is -2.09. The van der Waals surface area contributed by atoms with Gasteiger partial charge in [-0.15, -0.1) is 0 Å². The molecule has 0 saturated carbocycles. The Labute approximate surface area is 157 Å². The van der Waals surface area contributed by atoms with Crippen molar-refractivity contribution in [2.75, 3.05) is 0 Å². The maximum absolute atomic E-state index is 5.70. The second kappa shape index (κ2) is 6.36. The van der Waals surface area contributed by atoms with Crippen LogP contribution in [0, 0.1) is 6.92 Å². The van der Waals surface area contributed by atoms with Crippen molar-refractivity contribution in [1.29, 1.82) is 0 Å².